The number of benzene rings is 1. The van der Waals surface area contributed by atoms with Crippen LogP contribution in [0.5, 0.6) is 5.75 Å². The summed E-state index contributed by atoms with van der Waals surface area (Å²) in [6.45, 7) is 16.9. The summed E-state index contributed by atoms with van der Waals surface area (Å²) in [6.07, 6.45) is 2.41. The second kappa shape index (κ2) is 11.3. The Bertz CT molecular complexity index is 1000. The summed E-state index contributed by atoms with van der Waals surface area (Å²) in [7, 11) is -1.37. The van der Waals surface area contributed by atoms with Crippen LogP contribution in [0, 0.1) is 5.41 Å². The molecule has 0 aliphatic carbocycles. The largest absolute Gasteiger partial charge is 0.489 e. The Kier molecular flexibility index (Phi) is 9.22. The fraction of sp³-hybridized carbons (Fsp3) is 0.654. The van der Waals surface area contributed by atoms with Crippen molar-refractivity contribution >= 4 is 40.1 Å². The Morgan fingerprint density at radius 1 is 1.28 bits per heavy atom. The molecule has 36 heavy (non-hydrogen) atoms. The van der Waals surface area contributed by atoms with Gasteiger partial charge in [0.25, 0.3) is 5.91 Å². The zero-order valence-electron chi connectivity index (χ0n) is 22.0. The molecule has 2 heterocycles. The smallest absolute Gasteiger partial charge is 0.254 e. The SMILES string of the molecule is C=CCOc1cc(Cl)c(Cl)cc1C(NS(=O)C(C)(C)C)C1(C)CCN(C(=O)[C@H]2COC(C)(C)O2)CC1. The molecule has 2 aliphatic heterocycles. The van der Waals surface area contributed by atoms with Crippen LogP contribution in [-0.4, -0.2) is 58.0 Å². The van der Waals surface area contributed by atoms with E-state index in [-0.39, 0.29) is 24.0 Å². The molecule has 0 radical (unpaired) electrons. The van der Waals surface area contributed by atoms with Crippen molar-refractivity contribution in [1.82, 2.24) is 9.62 Å². The zero-order chi connectivity index (χ0) is 26.9. The molecule has 1 amide bonds. The van der Waals surface area contributed by atoms with Gasteiger partial charge in [-0.05, 0) is 58.9 Å². The van der Waals surface area contributed by atoms with Gasteiger partial charge >= 0.3 is 0 Å². The van der Waals surface area contributed by atoms with E-state index in [0.717, 1.165) is 5.56 Å². The van der Waals surface area contributed by atoms with Crippen molar-refractivity contribution in [2.75, 3.05) is 26.3 Å². The highest BCUT2D eigenvalue weighted by Gasteiger charge is 2.45. The quantitative estimate of drug-likeness (QED) is 0.429. The first-order valence-electron chi connectivity index (χ1n) is 12.2. The van der Waals surface area contributed by atoms with Crippen molar-refractivity contribution in [3.05, 3.63) is 40.4 Å². The summed E-state index contributed by atoms with van der Waals surface area (Å²) in [6, 6.07) is 3.11. The van der Waals surface area contributed by atoms with Gasteiger partial charge in [0.1, 0.15) is 12.4 Å². The third-order valence-electron chi connectivity index (χ3n) is 6.70. The molecule has 1 N–H and O–H groups in total. The Hall–Kier alpha value is -1.16. The predicted octanol–water partition coefficient (Wildman–Crippen LogP) is 5.43. The van der Waals surface area contributed by atoms with Crippen molar-refractivity contribution in [1.29, 1.82) is 0 Å². The molecule has 0 spiro atoms. The van der Waals surface area contributed by atoms with Crippen LogP contribution in [0.4, 0.5) is 0 Å². The summed E-state index contributed by atoms with van der Waals surface area (Å²) in [5, 5.41) is 0.769. The van der Waals surface area contributed by atoms with Crippen molar-refractivity contribution < 1.29 is 23.2 Å². The third kappa shape index (κ3) is 6.83. The molecule has 1 aromatic rings. The number of hydrogen-bond acceptors (Lipinski definition) is 5. The molecule has 2 aliphatic rings. The molecule has 0 aromatic heterocycles. The van der Waals surface area contributed by atoms with Crippen molar-refractivity contribution in [3.63, 3.8) is 0 Å². The second-order valence-electron chi connectivity index (χ2n) is 11.1. The van der Waals surface area contributed by atoms with E-state index >= 15 is 0 Å². The molecular formula is C26H38Cl2N2O5S. The normalized spacial score (nSPS) is 23.2. The molecular weight excluding hydrogens is 523 g/mol. The molecule has 0 bridgehead atoms. The summed E-state index contributed by atoms with van der Waals surface area (Å²) in [5.74, 6) is -0.257. The highest BCUT2D eigenvalue weighted by atomic mass is 35.5. The maximum atomic E-state index is 13.3. The van der Waals surface area contributed by atoms with E-state index in [2.05, 4.69) is 18.2 Å². The van der Waals surface area contributed by atoms with Crippen LogP contribution in [0.3, 0.4) is 0 Å². The first-order valence-corrected chi connectivity index (χ1v) is 14.1. The van der Waals surface area contributed by atoms with Gasteiger partial charge in [-0.2, -0.15) is 0 Å². The number of amides is 1. The topological polar surface area (TPSA) is 77.1 Å². The molecule has 2 fully saturated rings. The lowest BCUT2D eigenvalue weighted by Crippen LogP contribution is -2.51. The monoisotopic (exact) mass is 560 g/mol. The lowest BCUT2D eigenvalue weighted by Gasteiger charge is -2.45. The Morgan fingerprint density at radius 2 is 1.89 bits per heavy atom. The molecule has 10 heteroatoms. The zero-order valence-corrected chi connectivity index (χ0v) is 24.3. The Morgan fingerprint density at radius 3 is 2.42 bits per heavy atom. The number of ether oxygens (including phenoxy) is 3. The van der Waals surface area contributed by atoms with Gasteiger partial charge in [-0.15, -0.1) is 0 Å². The minimum absolute atomic E-state index is 0.0602. The minimum atomic E-state index is -1.37. The van der Waals surface area contributed by atoms with Crippen molar-refractivity contribution in [3.8, 4) is 5.75 Å². The van der Waals surface area contributed by atoms with Gasteiger partial charge in [-0.1, -0.05) is 42.8 Å². The average molecular weight is 562 g/mol. The highest BCUT2D eigenvalue weighted by molar-refractivity contribution is 7.84. The number of carbonyl (C=O) groups is 1. The molecule has 1 aromatic carbocycles. The van der Waals surface area contributed by atoms with Gasteiger partial charge in [0.05, 0.1) is 38.4 Å². The highest BCUT2D eigenvalue weighted by Crippen LogP contribution is 2.47. The van der Waals surface area contributed by atoms with E-state index in [4.69, 9.17) is 37.4 Å². The first kappa shape index (κ1) is 29.4. The van der Waals surface area contributed by atoms with Gasteiger partial charge in [-0.25, -0.2) is 8.93 Å². The van der Waals surface area contributed by atoms with Crippen LogP contribution in [0.2, 0.25) is 10.0 Å². The molecule has 2 unspecified atom stereocenters. The van der Waals surface area contributed by atoms with Gasteiger partial charge < -0.3 is 19.1 Å². The number of piperidine rings is 1. The van der Waals surface area contributed by atoms with E-state index in [9.17, 15) is 9.00 Å². The number of carbonyl (C=O) groups excluding carboxylic acids is 1. The number of hydrogen-bond donors (Lipinski definition) is 1. The average Bonchev–Trinajstić information content (AvgIpc) is 3.17. The summed E-state index contributed by atoms with van der Waals surface area (Å²) in [5.41, 5.74) is 0.424. The third-order valence-corrected chi connectivity index (χ3v) is 8.98. The van der Waals surface area contributed by atoms with E-state index in [1.165, 1.54) is 0 Å². The lowest BCUT2D eigenvalue weighted by atomic mass is 9.72. The maximum Gasteiger partial charge on any atom is 0.254 e. The van der Waals surface area contributed by atoms with Gasteiger partial charge in [0.15, 0.2) is 11.9 Å². The molecule has 7 nitrogen and oxygen atoms in total. The van der Waals surface area contributed by atoms with E-state index < -0.39 is 27.6 Å². The summed E-state index contributed by atoms with van der Waals surface area (Å²) >= 11 is 12.8. The fourth-order valence-corrected chi connectivity index (χ4v) is 5.75. The predicted molar refractivity (Wildman–Crippen MR) is 145 cm³/mol. The molecule has 202 valence electrons. The van der Waals surface area contributed by atoms with E-state index in [0.29, 0.717) is 48.3 Å². The molecule has 3 atom stereocenters. The van der Waals surface area contributed by atoms with Crippen LogP contribution in [-0.2, 0) is 25.3 Å². The van der Waals surface area contributed by atoms with Gasteiger partial charge in [0, 0.05) is 24.7 Å². The molecule has 3 rings (SSSR count). The Labute approximate surface area is 227 Å². The van der Waals surface area contributed by atoms with E-state index in [1.54, 1.807) is 18.2 Å². The Balaban J connectivity index is 1.90. The van der Waals surface area contributed by atoms with Gasteiger partial charge in [-0.3, -0.25) is 4.79 Å². The van der Waals surface area contributed by atoms with Crippen LogP contribution < -0.4 is 9.46 Å². The maximum absolute atomic E-state index is 13.3. The van der Waals surface area contributed by atoms with E-state index in [1.807, 2.05) is 39.5 Å². The second-order valence-corrected chi connectivity index (χ2v) is 13.9. The van der Waals surface area contributed by atoms with Crippen LogP contribution >= 0.6 is 23.2 Å². The molecule has 0 saturated carbocycles. The summed E-state index contributed by atoms with van der Waals surface area (Å²) < 4.78 is 33.5. The van der Waals surface area contributed by atoms with Crippen molar-refractivity contribution in [2.24, 2.45) is 5.41 Å². The van der Waals surface area contributed by atoms with Crippen LogP contribution in [0.15, 0.2) is 24.8 Å². The number of nitrogens with one attached hydrogen (secondary N) is 1. The standard InChI is InChI=1S/C26H38Cl2N2O5S/c1-8-13-33-20-15-19(28)18(27)14-17(20)22(29-36(32)24(2,3)4)26(7)9-11-30(12-10-26)23(31)21-16-34-25(5,6)35-21/h8,14-15,21-22,29H,1,9-13,16H2,2-7H3/t21-,22?,36?/m1/s1. The number of likely N-dealkylation sites (tertiary alicyclic amines) is 1. The lowest BCUT2D eigenvalue weighted by molar-refractivity contribution is -0.161. The minimum Gasteiger partial charge on any atom is -0.489 e. The fourth-order valence-electron chi connectivity index (χ4n) is 4.45. The van der Waals surface area contributed by atoms with Gasteiger partial charge in [0.2, 0.25) is 0 Å². The van der Waals surface area contributed by atoms with Crippen LogP contribution in [0.25, 0.3) is 0 Å². The van der Waals surface area contributed by atoms with Crippen molar-refractivity contribution in [2.45, 2.75) is 77.1 Å². The molecule has 2 saturated heterocycles. The first-order chi connectivity index (χ1) is 16.7. The number of nitrogens with zero attached hydrogens (tertiary/aromatic N) is 1. The summed E-state index contributed by atoms with van der Waals surface area (Å²) in [4.78, 5) is 14.9. The van der Waals surface area contributed by atoms with Crippen LogP contribution in [0.1, 0.15) is 66.0 Å². The number of halogens is 2. The number of rotatable bonds is 8.